The Morgan fingerprint density at radius 3 is 2.14 bits per heavy atom. The minimum absolute atomic E-state index is 0.149. The van der Waals surface area contributed by atoms with Gasteiger partial charge in [0.25, 0.3) is 0 Å². The van der Waals surface area contributed by atoms with Crippen LogP contribution in [0.15, 0.2) is 72.8 Å². The van der Waals surface area contributed by atoms with Gasteiger partial charge in [-0.2, -0.15) is 0 Å². The van der Waals surface area contributed by atoms with E-state index in [4.69, 9.17) is 5.73 Å². The molecule has 1 aliphatic heterocycles. The number of primary amides is 1. The number of rotatable bonds is 6. The molecule has 0 spiro atoms. The van der Waals surface area contributed by atoms with Crippen LogP contribution in [0.2, 0.25) is 0 Å². The molecule has 144 valence electrons. The highest BCUT2D eigenvalue weighted by molar-refractivity contribution is 7.11. The molecule has 1 fully saturated rings. The molecule has 0 bridgehead atoms. The van der Waals surface area contributed by atoms with Crippen molar-refractivity contribution >= 4 is 17.2 Å². The van der Waals surface area contributed by atoms with E-state index < -0.39 is 5.41 Å². The number of hydrogen-bond acceptors (Lipinski definition) is 3. The van der Waals surface area contributed by atoms with Crippen LogP contribution >= 0.6 is 11.3 Å². The summed E-state index contributed by atoms with van der Waals surface area (Å²) in [6, 6.07) is 24.5. The quantitative estimate of drug-likeness (QED) is 0.680. The number of benzene rings is 2. The van der Waals surface area contributed by atoms with Crippen molar-refractivity contribution in [2.45, 2.75) is 25.3 Å². The van der Waals surface area contributed by atoms with Crippen molar-refractivity contribution in [1.82, 2.24) is 4.90 Å². The predicted molar refractivity (Wildman–Crippen MR) is 115 cm³/mol. The van der Waals surface area contributed by atoms with Crippen molar-refractivity contribution in [3.8, 4) is 0 Å². The molecule has 3 aromatic rings. The van der Waals surface area contributed by atoms with Crippen molar-refractivity contribution in [1.29, 1.82) is 0 Å². The number of nitrogens with zero attached hydrogens (tertiary/aromatic N) is 1. The van der Waals surface area contributed by atoms with Crippen molar-refractivity contribution in [2.24, 2.45) is 11.7 Å². The Balaban J connectivity index is 1.71. The van der Waals surface area contributed by atoms with Crippen LogP contribution in [0.5, 0.6) is 0 Å². The molecule has 28 heavy (non-hydrogen) atoms. The maximum atomic E-state index is 13.1. The van der Waals surface area contributed by atoms with E-state index in [1.807, 2.05) is 72.0 Å². The highest BCUT2D eigenvalue weighted by Gasteiger charge is 2.49. The maximum absolute atomic E-state index is 13.1. The molecule has 1 atom stereocenters. The minimum atomic E-state index is -0.803. The van der Waals surface area contributed by atoms with E-state index in [1.165, 1.54) is 9.75 Å². The van der Waals surface area contributed by atoms with Gasteiger partial charge in [0.2, 0.25) is 5.91 Å². The zero-order chi connectivity index (χ0) is 19.6. The second-order valence-corrected chi connectivity index (χ2v) is 9.01. The summed E-state index contributed by atoms with van der Waals surface area (Å²) >= 11 is 1.85. The van der Waals surface area contributed by atoms with E-state index in [-0.39, 0.29) is 11.8 Å². The SMILES string of the molecule is Cc1ccc(CN2CCC(C(C(N)=O)(c3ccccc3)c3ccccc3)C2)s1. The third-order valence-corrected chi connectivity index (χ3v) is 6.89. The van der Waals surface area contributed by atoms with Gasteiger partial charge in [-0.3, -0.25) is 9.69 Å². The molecule has 1 aliphatic rings. The first kappa shape index (κ1) is 18.9. The summed E-state index contributed by atoms with van der Waals surface area (Å²) in [4.78, 5) is 18.3. The molecule has 0 saturated carbocycles. The van der Waals surface area contributed by atoms with Gasteiger partial charge in [-0.05, 0) is 49.1 Å². The third kappa shape index (κ3) is 3.38. The fourth-order valence-corrected chi connectivity index (χ4v) is 5.58. The summed E-state index contributed by atoms with van der Waals surface area (Å²) in [6.45, 7) is 4.93. The van der Waals surface area contributed by atoms with Gasteiger partial charge in [0.05, 0.1) is 0 Å². The van der Waals surface area contributed by atoms with Crippen molar-refractivity contribution < 1.29 is 4.79 Å². The lowest BCUT2D eigenvalue weighted by atomic mass is 9.64. The van der Waals surface area contributed by atoms with Crippen molar-refractivity contribution in [2.75, 3.05) is 13.1 Å². The number of carbonyl (C=O) groups excluding carboxylic acids is 1. The third-order valence-electron chi connectivity index (χ3n) is 5.91. The van der Waals surface area contributed by atoms with Gasteiger partial charge in [-0.15, -0.1) is 11.3 Å². The fourth-order valence-electron chi connectivity index (χ4n) is 4.65. The number of carbonyl (C=O) groups is 1. The molecule has 2 N–H and O–H groups in total. The molecular weight excluding hydrogens is 364 g/mol. The molecule has 2 heterocycles. The highest BCUT2D eigenvalue weighted by atomic mass is 32.1. The Labute approximate surface area is 170 Å². The average Bonchev–Trinajstić information content (AvgIpc) is 3.33. The van der Waals surface area contributed by atoms with Crippen LogP contribution in [-0.4, -0.2) is 23.9 Å². The Morgan fingerprint density at radius 2 is 1.64 bits per heavy atom. The summed E-state index contributed by atoms with van der Waals surface area (Å²) in [5, 5.41) is 0. The number of nitrogens with two attached hydrogens (primary N) is 1. The molecule has 0 radical (unpaired) electrons. The first-order valence-electron chi connectivity index (χ1n) is 9.79. The Bertz CT molecular complexity index is 896. The summed E-state index contributed by atoms with van der Waals surface area (Å²) in [6.07, 6.45) is 0.955. The van der Waals surface area contributed by atoms with Crippen molar-refractivity contribution in [3.63, 3.8) is 0 Å². The fraction of sp³-hybridized carbons (Fsp3) is 0.292. The molecule has 3 nitrogen and oxygen atoms in total. The van der Waals surface area contributed by atoms with Gasteiger partial charge in [0.15, 0.2) is 0 Å². The first-order chi connectivity index (χ1) is 13.6. The predicted octanol–water partition coefficient (Wildman–Crippen LogP) is 4.35. The lowest BCUT2D eigenvalue weighted by Crippen LogP contribution is -2.49. The molecule has 2 aromatic carbocycles. The van der Waals surface area contributed by atoms with Crippen molar-refractivity contribution in [3.05, 3.63) is 93.7 Å². The van der Waals surface area contributed by atoms with E-state index in [9.17, 15) is 4.79 Å². The summed E-state index contributed by atoms with van der Waals surface area (Å²) < 4.78 is 0. The monoisotopic (exact) mass is 390 g/mol. The number of aryl methyl sites for hydroxylation is 1. The summed E-state index contributed by atoms with van der Waals surface area (Å²) in [7, 11) is 0. The van der Waals surface area contributed by atoms with Crippen LogP contribution < -0.4 is 5.73 Å². The van der Waals surface area contributed by atoms with E-state index in [0.29, 0.717) is 0 Å². The smallest absolute Gasteiger partial charge is 0.232 e. The molecule has 4 rings (SSSR count). The zero-order valence-electron chi connectivity index (χ0n) is 16.2. The van der Waals surface area contributed by atoms with E-state index in [2.05, 4.69) is 24.0 Å². The molecule has 1 unspecified atom stereocenters. The topological polar surface area (TPSA) is 46.3 Å². The Hall–Kier alpha value is -2.43. The molecular formula is C24H26N2OS. The van der Waals surface area contributed by atoms with Gasteiger partial charge in [-0.25, -0.2) is 0 Å². The standard InChI is InChI=1S/C24H26N2OS/c1-18-12-13-22(28-18)17-26-15-14-21(16-26)24(23(25)27,19-8-4-2-5-9-19)20-10-6-3-7-11-20/h2-13,21H,14-17H2,1H3,(H2,25,27). The normalized spacial score (nSPS) is 17.7. The Morgan fingerprint density at radius 1 is 1.04 bits per heavy atom. The van der Waals surface area contributed by atoms with E-state index in [0.717, 1.165) is 37.2 Å². The zero-order valence-corrected chi connectivity index (χ0v) is 17.0. The second kappa shape index (κ2) is 7.90. The number of hydrogen-bond donors (Lipinski definition) is 1. The van der Waals surface area contributed by atoms with E-state index in [1.54, 1.807) is 0 Å². The minimum Gasteiger partial charge on any atom is -0.369 e. The van der Waals surface area contributed by atoms with E-state index >= 15 is 0 Å². The Kier molecular flexibility index (Phi) is 5.33. The molecule has 4 heteroatoms. The van der Waals surface area contributed by atoms with Gasteiger partial charge in [0, 0.05) is 22.8 Å². The van der Waals surface area contributed by atoms with Crippen LogP contribution in [0.3, 0.4) is 0 Å². The first-order valence-corrected chi connectivity index (χ1v) is 10.6. The maximum Gasteiger partial charge on any atom is 0.232 e. The highest BCUT2D eigenvalue weighted by Crippen LogP contribution is 2.43. The number of thiophene rings is 1. The summed E-state index contributed by atoms with van der Waals surface area (Å²) in [5.74, 6) is -0.112. The molecule has 0 aliphatic carbocycles. The molecule has 1 saturated heterocycles. The van der Waals surface area contributed by atoms with Crippen LogP contribution in [0.25, 0.3) is 0 Å². The average molecular weight is 391 g/mol. The van der Waals surface area contributed by atoms with Crippen LogP contribution in [0.1, 0.15) is 27.3 Å². The summed E-state index contributed by atoms with van der Waals surface area (Å²) in [5.41, 5.74) is 7.34. The van der Waals surface area contributed by atoms with Gasteiger partial charge in [0.1, 0.15) is 5.41 Å². The lowest BCUT2D eigenvalue weighted by molar-refractivity contribution is -0.123. The second-order valence-electron chi connectivity index (χ2n) is 7.64. The lowest BCUT2D eigenvalue weighted by Gasteiger charge is -2.37. The van der Waals surface area contributed by atoms with Gasteiger partial charge >= 0.3 is 0 Å². The number of amides is 1. The largest absolute Gasteiger partial charge is 0.369 e. The van der Waals surface area contributed by atoms with Crippen LogP contribution in [-0.2, 0) is 16.8 Å². The molecule has 1 aromatic heterocycles. The molecule has 1 amide bonds. The number of likely N-dealkylation sites (tertiary alicyclic amines) is 1. The van der Waals surface area contributed by atoms with Gasteiger partial charge < -0.3 is 5.73 Å². The van der Waals surface area contributed by atoms with Crippen LogP contribution in [0.4, 0.5) is 0 Å². The van der Waals surface area contributed by atoms with Gasteiger partial charge in [-0.1, -0.05) is 60.7 Å². The van der Waals surface area contributed by atoms with Crippen LogP contribution in [0, 0.1) is 12.8 Å².